The molecule has 5 heteroatoms. The van der Waals surface area contributed by atoms with Gasteiger partial charge in [-0.3, -0.25) is 4.98 Å². The van der Waals surface area contributed by atoms with E-state index in [1.807, 2.05) is 52.0 Å². The molecule has 0 saturated heterocycles. The van der Waals surface area contributed by atoms with Crippen LogP contribution in [0.15, 0.2) is 30.5 Å². The van der Waals surface area contributed by atoms with Gasteiger partial charge in [-0.05, 0) is 43.4 Å². The van der Waals surface area contributed by atoms with Gasteiger partial charge in [-0.2, -0.15) is 0 Å². The molecular formula is C21H31N3O2. The summed E-state index contributed by atoms with van der Waals surface area (Å²) in [7, 11) is 0. The summed E-state index contributed by atoms with van der Waals surface area (Å²) in [5.74, 6) is 0. The van der Waals surface area contributed by atoms with Gasteiger partial charge in [0.15, 0.2) is 0 Å². The van der Waals surface area contributed by atoms with Gasteiger partial charge in [-0.25, -0.2) is 0 Å². The number of anilines is 2. The number of nitrogen functional groups attached to an aromatic ring is 2. The Morgan fingerprint density at radius 2 is 1.35 bits per heavy atom. The van der Waals surface area contributed by atoms with Crippen LogP contribution in [0.2, 0.25) is 0 Å². The van der Waals surface area contributed by atoms with Gasteiger partial charge in [0.2, 0.25) is 0 Å². The van der Waals surface area contributed by atoms with E-state index >= 15 is 0 Å². The molecule has 1 aromatic heterocycles. The standard InChI is InChI=1S/C21H31N3O2/c1-5-20(25,6-2)16-10-9-14(11-17(16)22)15-12-18(23)19(24-13-15)21(26,7-3)8-4/h9-13,25-26H,5-8,22-23H2,1-4H3. The minimum atomic E-state index is -1.01. The fourth-order valence-corrected chi connectivity index (χ4v) is 3.41. The second kappa shape index (κ2) is 7.64. The molecule has 0 unspecified atom stereocenters. The minimum Gasteiger partial charge on any atom is -0.398 e. The van der Waals surface area contributed by atoms with E-state index in [1.165, 1.54) is 0 Å². The maximum Gasteiger partial charge on any atom is 0.108 e. The molecule has 0 radical (unpaired) electrons. The molecule has 26 heavy (non-hydrogen) atoms. The number of pyridine rings is 1. The number of nitrogens with two attached hydrogens (primary N) is 2. The van der Waals surface area contributed by atoms with E-state index in [1.54, 1.807) is 6.20 Å². The van der Waals surface area contributed by atoms with Gasteiger partial charge in [-0.15, -0.1) is 0 Å². The Hall–Kier alpha value is -2.11. The Morgan fingerprint density at radius 1 is 0.808 bits per heavy atom. The second-order valence-corrected chi connectivity index (χ2v) is 6.94. The Labute approximate surface area is 156 Å². The van der Waals surface area contributed by atoms with Crippen molar-refractivity contribution in [2.24, 2.45) is 0 Å². The molecule has 0 spiro atoms. The van der Waals surface area contributed by atoms with E-state index in [-0.39, 0.29) is 0 Å². The van der Waals surface area contributed by atoms with Crippen LogP contribution < -0.4 is 11.5 Å². The van der Waals surface area contributed by atoms with Crippen LogP contribution in [-0.4, -0.2) is 15.2 Å². The van der Waals surface area contributed by atoms with Crippen molar-refractivity contribution in [3.63, 3.8) is 0 Å². The minimum absolute atomic E-state index is 0.468. The van der Waals surface area contributed by atoms with Gasteiger partial charge in [-0.1, -0.05) is 39.8 Å². The first kappa shape index (κ1) is 20.2. The smallest absolute Gasteiger partial charge is 0.108 e. The molecule has 5 nitrogen and oxygen atoms in total. The van der Waals surface area contributed by atoms with Gasteiger partial charge >= 0.3 is 0 Å². The Balaban J connectivity index is 2.44. The fourth-order valence-electron chi connectivity index (χ4n) is 3.41. The lowest BCUT2D eigenvalue weighted by Crippen LogP contribution is -2.26. The molecule has 2 rings (SSSR count). The zero-order valence-electron chi connectivity index (χ0n) is 16.2. The fraction of sp³-hybridized carbons (Fsp3) is 0.476. The number of rotatable bonds is 7. The molecule has 0 saturated carbocycles. The molecule has 0 atom stereocenters. The molecule has 0 aliphatic rings. The summed E-state index contributed by atoms with van der Waals surface area (Å²) < 4.78 is 0. The SMILES string of the molecule is CCC(O)(CC)c1ccc(-c2cnc(C(O)(CC)CC)c(N)c2)cc1N. The maximum atomic E-state index is 10.7. The molecule has 1 aromatic carbocycles. The second-order valence-electron chi connectivity index (χ2n) is 6.94. The number of nitrogens with zero attached hydrogens (tertiary/aromatic N) is 1. The molecule has 0 aliphatic heterocycles. The van der Waals surface area contributed by atoms with Crippen LogP contribution in [0.1, 0.15) is 64.6 Å². The molecule has 0 bridgehead atoms. The first-order chi connectivity index (χ1) is 12.2. The quantitative estimate of drug-likeness (QED) is 0.562. The molecule has 0 aliphatic carbocycles. The third-order valence-corrected chi connectivity index (χ3v) is 5.58. The van der Waals surface area contributed by atoms with E-state index < -0.39 is 11.2 Å². The lowest BCUT2D eigenvalue weighted by atomic mass is 9.86. The zero-order chi connectivity index (χ0) is 19.5. The van der Waals surface area contributed by atoms with Crippen LogP contribution in [0.4, 0.5) is 11.4 Å². The van der Waals surface area contributed by atoms with Crippen molar-refractivity contribution in [3.05, 3.63) is 41.7 Å². The Morgan fingerprint density at radius 3 is 1.81 bits per heavy atom. The molecular weight excluding hydrogens is 326 g/mol. The lowest BCUT2D eigenvalue weighted by molar-refractivity contribution is 0.0248. The van der Waals surface area contributed by atoms with Crippen molar-refractivity contribution in [1.29, 1.82) is 0 Å². The monoisotopic (exact) mass is 357 g/mol. The predicted molar refractivity (Wildman–Crippen MR) is 107 cm³/mol. The van der Waals surface area contributed by atoms with Crippen LogP contribution in [0.25, 0.3) is 11.1 Å². The van der Waals surface area contributed by atoms with Crippen LogP contribution in [0.3, 0.4) is 0 Å². The first-order valence-electron chi connectivity index (χ1n) is 9.35. The third kappa shape index (κ3) is 3.55. The van der Waals surface area contributed by atoms with E-state index in [4.69, 9.17) is 11.5 Å². The van der Waals surface area contributed by atoms with Crippen molar-refractivity contribution in [2.45, 2.75) is 64.6 Å². The van der Waals surface area contributed by atoms with E-state index in [2.05, 4.69) is 4.98 Å². The largest absolute Gasteiger partial charge is 0.398 e. The molecule has 6 N–H and O–H groups in total. The molecule has 0 fully saturated rings. The van der Waals surface area contributed by atoms with Gasteiger partial charge in [0, 0.05) is 23.0 Å². The average Bonchev–Trinajstić information content (AvgIpc) is 2.66. The van der Waals surface area contributed by atoms with E-state index in [9.17, 15) is 10.2 Å². The van der Waals surface area contributed by atoms with E-state index in [0.29, 0.717) is 42.8 Å². The Bertz CT molecular complexity index is 700. The highest BCUT2D eigenvalue weighted by Gasteiger charge is 2.29. The maximum absolute atomic E-state index is 10.7. The van der Waals surface area contributed by atoms with Crippen molar-refractivity contribution < 1.29 is 10.2 Å². The van der Waals surface area contributed by atoms with Gasteiger partial charge in [0.05, 0.1) is 17.0 Å². The summed E-state index contributed by atoms with van der Waals surface area (Å²) in [6.45, 7) is 7.73. The summed E-state index contributed by atoms with van der Waals surface area (Å²) in [4.78, 5) is 4.44. The van der Waals surface area contributed by atoms with Gasteiger partial charge in [0.25, 0.3) is 0 Å². The highest BCUT2D eigenvalue weighted by Crippen LogP contribution is 2.37. The summed E-state index contributed by atoms with van der Waals surface area (Å²) in [5, 5.41) is 21.4. The van der Waals surface area contributed by atoms with E-state index in [0.717, 1.165) is 16.7 Å². The molecule has 1 heterocycles. The van der Waals surface area contributed by atoms with Crippen LogP contribution >= 0.6 is 0 Å². The summed E-state index contributed by atoms with van der Waals surface area (Å²) >= 11 is 0. The highest BCUT2D eigenvalue weighted by atomic mass is 16.3. The number of benzene rings is 1. The zero-order valence-corrected chi connectivity index (χ0v) is 16.2. The summed E-state index contributed by atoms with van der Waals surface area (Å²) in [5.41, 5.74) is 14.5. The normalized spacial score (nSPS) is 12.4. The summed E-state index contributed by atoms with van der Waals surface area (Å²) in [6, 6.07) is 7.45. The van der Waals surface area contributed by atoms with Crippen LogP contribution in [0.5, 0.6) is 0 Å². The van der Waals surface area contributed by atoms with Crippen LogP contribution in [-0.2, 0) is 11.2 Å². The third-order valence-electron chi connectivity index (χ3n) is 5.58. The lowest BCUT2D eigenvalue weighted by Gasteiger charge is -2.28. The summed E-state index contributed by atoms with van der Waals surface area (Å²) in [6.07, 6.45) is 4.01. The van der Waals surface area contributed by atoms with Crippen molar-refractivity contribution in [2.75, 3.05) is 11.5 Å². The number of aliphatic hydroxyl groups is 2. The van der Waals surface area contributed by atoms with Gasteiger partial charge in [0.1, 0.15) is 5.60 Å². The van der Waals surface area contributed by atoms with Crippen LogP contribution in [0, 0.1) is 0 Å². The Kier molecular flexibility index (Phi) is 5.94. The predicted octanol–water partition coefficient (Wildman–Crippen LogP) is 3.93. The molecule has 0 amide bonds. The first-order valence-corrected chi connectivity index (χ1v) is 9.35. The van der Waals surface area contributed by atoms with Crippen molar-refractivity contribution in [3.8, 4) is 11.1 Å². The number of aromatic nitrogens is 1. The average molecular weight is 357 g/mol. The van der Waals surface area contributed by atoms with Crippen molar-refractivity contribution in [1.82, 2.24) is 4.98 Å². The highest BCUT2D eigenvalue weighted by molar-refractivity contribution is 5.72. The number of hydrogen-bond acceptors (Lipinski definition) is 5. The number of hydrogen-bond donors (Lipinski definition) is 4. The molecule has 2 aromatic rings. The van der Waals surface area contributed by atoms with Gasteiger partial charge < -0.3 is 21.7 Å². The molecule has 142 valence electrons. The van der Waals surface area contributed by atoms with Crippen molar-refractivity contribution >= 4 is 11.4 Å². The topological polar surface area (TPSA) is 105 Å².